The van der Waals surface area contributed by atoms with Gasteiger partial charge in [-0.15, -0.1) is 0 Å². The van der Waals surface area contributed by atoms with Crippen molar-refractivity contribution >= 4 is 32.9 Å². The van der Waals surface area contributed by atoms with Crippen LogP contribution in [0.25, 0.3) is 32.7 Å². The fraction of sp³-hybridized carbons (Fsp3) is 0.188. The maximum Gasteiger partial charge on any atom is 0.0446 e. The summed E-state index contributed by atoms with van der Waals surface area (Å²) in [5.74, 6) is 0. The summed E-state index contributed by atoms with van der Waals surface area (Å²) in [7, 11) is 0. The fourth-order valence-corrected chi connectivity index (χ4v) is 5.79. The van der Waals surface area contributed by atoms with Gasteiger partial charge in [-0.25, -0.2) is 0 Å². The van der Waals surface area contributed by atoms with Crippen molar-refractivity contribution < 1.29 is 0 Å². The van der Waals surface area contributed by atoms with Gasteiger partial charge in [-0.2, -0.15) is 0 Å². The lowest BCUT2D eigenvalue weighted by atomic mass is 9.82. The van der Waals surface area contributed by atoms with E-state index in [0.29, 0.717) is 0 Å². The summed E-state index contributed by atoms with van der Waals surface area (Å²) in [4.78, 5) is 2.45. The summed E-state index contributed by atoms with van der Waals surface area (Å²) >= 11 is 0. The fourth-order valence-electron chi connectivity index (χ4n) is 5.79. The number of hydrogen-bond donors (Lipinski definition) is 0. The Hall–Kier alpha value is -3.58. The molecule has 0 saturated heterocycles. The first kappa shape index (κ1) is 20.1. The Morgan fingerprint density at radius 1 is 0.667 bits per heavy atom. The van der Waals surface area contributed by atoms with Crippen LogP contribution in [0.5, 0.6) is 0 Å². The molecule has 0 saturated carbocycles. The summed E-state index contributed by atoms with van der Waals surface area (Å²) in [6.07, 6.45) is 0. The summed E-state index contributed by atoms with van der Waals surface area (Å²) in [5.41, 5.74) is 9.47. The number of nitrogens with zero attached hydrogens (tertiary/aromatic N) is 1. The van der Waals surface area contributed by atoms with Crippen molar-refractivity contribution in [2.75, 3.05) is 11.4 Å². The molecule has 5 aromatic rings. The third kappa shape index (κ3) is 2.92. The van der Waals surface area contributed by atoms with Crippen LogP contribution in [-0.2, 0) is 5.41 Å². The highest BCUT2D eigenvalue weighted by atomic mass is 15.1. The molecule has 0 unspecified atom stereocenters. The highest BCUT2D eigenvalue weighted by molar-refractivity contribution is 5.95. The monoisotopic (exact) mass is 427 g/mol. The number of benzene rings is 5. The van der Waals surface area contributed by atoms with Crippen LogP contribution in [-0.4, -0.2) is 6.54 Å². The molecule has 162 valence electrons. The average molecular weight is 428 g/mol. The Morgan fingerprint density at radius 2 is 1.33 bits per heavy atom. The van der Waals surface area contributed by atoms with Crippen molar-refractivity contribution in [2.24, 2.45) is 0 Å². The van der Waals surface area contributed by atoms with Gasteiger partial charge >= 0.3 is 0 Å². The van der Waals surface area contributed by atoms with Crippen molar-refractivity contribution in [3.05, 3.63) is 108 Å². The molecule has 0 radical (unpaired) electrons. The molecule has 0 atom stereocenters. The quantitative estimate of drug-likeness (QED) is 0.278. The molecule has 33 heavy (non-hydrogen) atoms. The second kappa shape index (κ2) is 7.22. The van der Waals surface area contributed by atoms with Crippen molar-refractivity contribution in [1.29, 1.82) is 0 Å². The van der Waals surface area contributed by atoms with Crippen molar-refractivity contribution in [1.82, 2.24) is 0 Å². The van der Waals surface area contributed by atoms with Gasteiger partial charge < -0.3 is 4.90 Å². The SMILES string of the molecule is CCN(c1ccc2c(c1)-c1cc3ccccc3cc1C2(C)C)c1ccc2ccccc2c1C. The standard InChI is InChI=1S/C32H29N/c1-5-33(31-17-14-22-10-8-9-13-26(22)21(31)2)25-15-16-29-28(20-25)27-18-23-11-6-7-12-24(23)19-30(27)32(29,3)4/h6-20H,5H2,1-4H3. The van der Waals surface area contributed by atoms with Gasteiger partial charge in [0.25, 0.3) is 0 Å². The Labute approximate surface area is 196 Å². The summed E-state index contributed by atoms with van der Waals surface area (Å²) in [5, 5.41) is 5.25. The van der Waals surface area contributed by atoms with Gasteiger partial charge in [0.1, 0.15) is 0 Å². The molecular weight excluding hydrogens is 398 g/mol. The normalized spacial score (nSPS) is 13.8. The van der Waals surface area contributed by atoms with Crippen molar-refractivity contribution in [3.63, 3.8) is 0 Å². The second-order valence-electron chi connectivity index (χ2n) is 9.77. The minimum absolute atomic E-state index is 0.00311. The zero-order valence-electron chi connectivity index (χ0n) is 19.8. The van der Waals surface area contributed by atoms with Crippen LogP contribution in [0, 0.1) is 6.92 Å². The first-order valence-electron chi connectivity index (χ1n) is 11.9. The lowest BCUT2D eigenvalue weighted by molar-refractivity contribution is 0.661. The topological polar surface area (TPSA) is 3.24 Å². The zero-order valence-corrected chi connectivity index (χ0v) is 19.8. The summed E-state index contributed by atoms with van der Waals surface area (Å²) < 4.78 is 0. The highest BCUT2D eigenvalue weighted by Crippen LogP contribution is 2.51. The number of anilines is 2. The molecule has 1 aliphatic rings. The van der Waals surface area contributed by atoms with Gasteiger partial charge in [0, 0.05) is 23.3 Å². The third-order valence-corrected chi connectivity index (χ3v) is 7.61. The highest BCUT2D eigenvalue weighted by Gasteiger charge is 2.36. The maximum atomic E-state index is 2.45. The first-order chi connectivity index (χ1) is 16.0. The minimum Gasteiger partial charge on any atom is -0.342 e. The van der Waals surface area contributed by atoms with E-state index in [-0.39, 0.29) is 5.41 Å². The molecule has 0 N–H and O–H groups in total. The third-order valence-electron chi connectivity index (χ3n) is 7.61. The molecule has 0 bridgehead atoms. The molecular formula is C32H29N. The van der Waals surface area contributed by atoms with E-state index in [2.05, 4.69) is 124 Å². The van der Waals surface area contributed by atoms with Crippen molar-refractivity contribution in [3.8, 4) is 11.1 Å². The molecule has 5 aromatic carbocycles. The van der Waals surface area contributed by atoms with Crippen molar-refractivity contribution in [2.45, 2.75) is 33.1 Å². The van der Waals surface area contributed by atoms with Gasteiger partial charge in [0.15, 0.2) is 0 Å². The molecule has 6 rings (SSSR count). The van der Waals surface area contributed by atoms with E-state index >= 15 is 0 Å². The summed E-state index contributed by atoms with van der Waals surface area (Å²) in [6, 6.07) is 33.8. The Bertz CT molecular complexity index is 1540. The molecule has 0 heterocycles. The van der Waals surface area contributed by atoms with E-state index in [1.807, 2.05) is 0 Å². The molecule has 1 aliphatic carbocycles. The molecule has 0 aliphatic heterocycles. The second-order valence-corrected chi connectivity index (χ2v) is 9.77. The van der Waals surface area contributed by atoms with E-state index in [0.717, 1.165) is 6.54 Å². The number of rotatable bonds is 3. The van der Waals surface area contributed by atoms with Crippen LogP contribution in [0.15, 0.2) is 91.0 Å². The predicted molar refractivity (Wildman–Crippen MR) is 143 cm³/mol. The predicted octanol–water partition coefficient (Wildman–Crippen LogP) is 8.77. The molecule has 1 nitrogen and oxygen atoms in total. The first-order valence-corrected chi connectivity index (χ1v) is 11.9. The van der Waals surface area contributed by atoms with Gasteiger partial charge in [-0.1, -0.05) is 74.5 Å². The average Bonchev–Trinajstić information content (AvgIpc) is 3.05. The van der Waals surface area contributed by atoms with Crippen LogP contribution in [0.2, 0.25) is 0 Å². The smallest absolute Gasteiger partial charge is 0.0446 e. The molecule has 0 fully saturated rings. The Balaban J connectivity index is 1.53. The number of fused-ring (bicyclic) bond motifs is 5. The van der Waals surface area contributed by atoms with Crippen LogP contribution in [0.3, 0.4) is 0 Å². The van der Waals surface area contributed by atoms with E-state index < -0.39 is 0 Å². The summed E-state index contributed by atoms with van der Waals surface area (Å²) in [6.45, 7) is 10.1. The van der Waals surface area contributed by atoms with Gasteiger partial charge in [0.2, 0.25) is 0 Å². The largest absolute Gasteiger partial charge is 0.342 e. The number of aryl methyl sites for hydroxylation is 1. The number of hydrogen-bond acceptors (Lipinski definition) is 1. The van der Waals surface area contributed by atoms with E-state index in [4.69, 9.17) is 0 Å². The molecule has 1 heteroatoms. The lowest BCUT2D eigenvalue weighted by Crippen LogP contribution is -2.18. The van der Waals surface area contributed by atoms with Gasteiger partial charge in [0.05, 0.1) is 0 Å². The Kier molecular flexibility index (Phi) is 4.39. The lowest BCUT2D eigenvalue weighted by Gasteiger charge is -2.27. The van der Waals surface area contributed by atoms with Gasteiger partial charge in [-0.3, -0.25) is 0 Å². The Morgan fingerprint density at radius 3 is 2.09 bits per heavy atom. The van der Waals surface area contributed by atoms with Crippen LogP contribution in [0.1, 0.15) is 37.5 Å². The van der Waals surface area contributed by atoms with E-state index in [1.54, 1.807) is 0 Å². The molecule has 0 amide bonds. The maximum absolute atomic E-state index is 2.45. The van der Waals surface area contributed by atoms with Crippen LogP contribution < -0.4 is 4.90 Å². The van der Waals surface area contributed by atoms with Crippen LogP contribution in [0.4, 0.5) is 11.4 Å². The zero-order chi connectivity index (χ0) is 22.7. The van der Waals surface area contributed by atoms with Gasteiger partial charge in [-0.05, 0) is 93.5 Å². The molecule has 0 spiro atoms. The molecule has 0 aromatic heterocycles. The minimum atomic E-state index is 0.00311. The van der Waals surface area contributed by atoms with E-state index in [1.165, 1.54) is 60.7 Å². The van der Waals surface area contributed by atoms with E-state index in [9.17, 15) is 0 Å². The van der Waals surface area contributed by atoms with Crippen LogP contribution >= 0.6 is 0 Å².